The van der Waals surface area contributed by atoms with Crippen molar-refractivity contribution in [3.63, 3.8) is 0 Å². The topological polar surface area (TPSA) is 131 Å². The number of hydrogen-bond acceptors (Lipinski definition) is 7. The number of hydrogen-bond donors (Lipinski definition) is 3. The SMILES string of the molecule is NC(=O)c1ccccc1S(=O)(=O)NCCCCCCNc1nsc2nccn12. The van der Waals surface area contributed by atoms with Gasteiger partial charge >= 0.3 is 0 Å². The molecule has 0 fully saturated rings. The minimum atomic E-state index is -3.76. The fourth-order valence-corrected chi connectivity index (χ4v) is 4.70. The van der Waals surface area contributed by atoms with Crippen LogP contribution < -0.4 is 15.8 Å². The van der Waals surface area contributed by atoms with Gasteiger partial charge in [-0.1, -0.05) is 25.0 Å². The Balaban J connectivity index is 1.35. The van der Waals surface area contributed by atoms with Crippen molar-refractivity contribution in [3.05, 3.63) is 42.2 Å². The van der Waals surface area contributed by atoms with Crippen molar-refractivity contribution in [2.45, 2.75) is 30.6 Å². The molecule has 0 aliphatic rings. The van der Waals surface area contributed by atoms with E-state index in [1.165, 1.54) is 23.7 Å². The smallest absolute Gasteiger partial charge is 0.250 e. The zero-order valence-electron chi connectivity index (χ0n) is 15.2. The van der Waals surface area contributed by atoms with Crippen molar-refractivity contribution in [3.8, 4) is 0 Å². The molecule has 0 aliphatic carbocycles. The number of rotatable bonds is 11. The number of fused-ring (bicyclic) bond motifs is 1. The molecule has 0 radical (unpaired) electrons. The summed E-state index contributed by atoms with van der Waals surface area (Å²) in [6, 6.07) is 5.93. The Kier molecular flexibility index (Phi) is 6.60. The summed E-state index contributed by atoms with van der Waals surface area (Å²) in [7, 11) is -3.76. The molecular weight excluding hydrogens is 400 g/mol. The van der Waals surface area contributed by atoms with Gasteiger partial charge in [0.1, 0.15) is 0 Å². The predicted octanol–water partition coefficient (Wildman–Crippen LogP) is 1.84. The Morgan fingerprint density at radius 3 is 2.68 bits per heavy atom. The first-order chi connectivity index (χ1) is 13.5. The molecule has 0 unspecified atom stereocenters. The Bertz CT molecular complexity index is 1040. The van der Waals surface area contributed by atoms with E-state index in [0.717, 1.165) is 36.7 Å². The molecule has 0 atom stereocenters. The summed E-state index contributed by atoms with van der Waals surface area (Å²) >= 11 is 1.34. The summed E-state index contributed by atoms with van der Waals surface area (Å²) < 4.78 is 33.5. The van der Waals surface area contributed by atoms with Crippen molar-refractivity contribution in [1.82, 2.24) is 18.5 Å². The van der Waals surface area contributed by atoms with Crippen LogP contribution in [0.1, 0.15) is 36.0 Å². The van der Waals surface area contributed by atoms with Crippen LogP contribution in [0.3, 0.4) is 0 Å². The first kappa shape index (κ1) is 20.2. The number of nitrogens with two attached hydrogens (primary N) is 1. The van der Waals surface area contributed by atoms with Crippen LogP contribution in [-0.2, 0) is 10.0 Å². The lowest BCUT2D eigenvalue weighted by molar-refractivity contribution is 0.0997. The summed E-state index contributed by atoms with van der Waals surface area (Å²) in [5.74, 6) is 0.0277. The molecule has 1 aromatic carbocycles. The van der Waals surface area contributed by atoms with E-state index in [9.17, 15) is 13.2 Å². The molecule has 3 aromatic rings. The Hall–Kier alpha value is -2.50. The van der Waals surface area contributed by atoms with Gasteiger partial charge in [0.05, 0.1) is 10.5 Å². The third-order valence-electron chi connectivity index (χ3n) is 4.17. The molecule has 0 aliphatic heterocycles. The van der Waals surface area contributed by atoms with Gasteiger partial charge in [-0.3, -0.25) is 9.20 Å². The van der Waals surface area contributed by atoms with Crippen molar-refractivity contribution >= 4 is 38.4 Å². The van der Waals surface area contributed by atoms with Crippen LogP contribution in [0.2, 0.25) is 0 Å². The molecule has 150 valence electrons. The van der Waals surface area contributed by atoms with Crippen LogP contribution >= 0.6 is 11.5 Å². The molecule has 28 heavy (non-hydrogen) atoms. The molecule has 9 nitrogen and oxygen atoms in total. The fraction of sp³-hybridized carbons (Fsp3) is 0.353. The van der Waals surface area contributed by atoms with Gasteiger partial charge in [0, 0.05) is 37.0 Å². The number of nitrogens with one attached hydrogen (secondary N) is 2. The summed E-state index contributed by atoms with van der Waals surface area (Å²) in [5.41, 5.74) is 5.24. The highest BCUT2D eigenvalue weighted by Gasteiger charge is 2.20. The van der Waals surface area contributed by atoms with Gasteiger partial charge in [-0.25, -0.2) is 18.1 Å². The van der Waals surface area contributed by atoms with Crippen LogP contribution in [0.4, 0.5) is 5.95 Å². The van der Waals surface area contributed by atoms with Crippen LogP contribution in [0.15, 0.2) is 41.6 Å². The van der Waals surface area contributed by atoms with E-state index < -0.39 is 15.9 Å². The number of nitrogens with zero attached hydrogens (tertiary/aromatic N) is 3. The molecule has 3 rings (SSSR count). The maximum atomic E-state index is 12.4. The van der Waals surface area contributed by atoms with E-state index in [-0.39, 0.29) is 10.5 Å². The number of anilines is 1. The molecule has 11 heteroatoms. The maximum Gasteiger partial charge on any atom is 0.250 e. The number of primary amides is 1. The van der Waals surface area contributed by atoms with Gasteiger partial charge in [-0.15, -0.1) is 0 Å². The van der Waals surface area contributed by atoms with E-state index >= 15 is 0 Å². The van der Waals surface area contributed by atoms with Gasteiger partial charge in [-0.05, 0) is 25.0 Å². The summed E-state index contributed by atoms with van der Waals surface area (Å²) in [6.45, 7) is 1.10. The van der Waals surface area contributed by atoms with Crippen molar-refractivity contribution in [2.24, 2.45) is 5.73 Å². The lowest BCUT2D eigenvalue weighted by atomic mass is 10.2. The second-order valence-corrected chi connectivity index (χ2v) is 8.65. The number of imidazole rings is 1. The minimum Gasteiger partial charge on any atom is -0.366 e. The second kappa shape index (κ2) is 9.13. The van der Waals surface area contributed by atoms with E-state index in [0.29, 0.717) is 13.0 Å². The molecule has 0 saturated heterocycles. The van der Waals surface area contributed by atoms with Crippen LogP contribution in [-0.4, -0.2) is 41.2 Å². The first-order valence-electron chi connectivity index (χ1n) is 8.90. The van der Waals surface area contributed by atoms with Gasteiger partial charge in [0.2, 0.25) is 26.8 Å². The normalized spacial score (nSPS) is 11.7. The Morgan fingerprint density at radius 2 is 1.89 bits per heavy atom. The number of sulfonamides is 1. The third kappa shape index (κ3) is 4.86. The highest BCUT2D eigenvalue weighted by atomic mass is 32.2. The van der Waals surface area contributed by atoms with E-state index in [1.54, 1.807) is 18.3 Å². The highest BCUT2D eigenvalue weighted by Crippen LogP contribution is 2.15. The summed E-state index contributed by atoms with van der Waals surface area (Å²) in [6.07, 6.45) is 7.11. The minimum absolute atomic E-state index is 0.00452. The number of carbonyl (C=O) groups excluding carboxylic acids is 1. The van der Waals surface area contributed by atoms with Gasteiger partial charge in [0.15, 0.2) is 0 Å². The molecule has 0 spiro atoms. The van der Waals surface area contributed by atoms with Crippen LogP contribution in [0, 0.1) is 0 Å². The largest absolute Gasteiger partial charge is 0.366 e. The summed E-state index contributed by atoms with van der Waals surface area (Å²) in [4.78, 5) is 16.3. The fourth-order valence-electron chi connectivity index (χ4n) is 2.76. The number of benzene rings is 1. The lowest BCUT2D eigenvalue weighted by Gasteiger charge is -2.09. The number of amides is 1. The number of aromatic nitrogens is 3. The van der Waals surface area contributed by atoms with Gasteiger partial charge in [-0.2, -0.15) is 4.37 Å². The molecule has 1 amide bonds. The lowest BCUT2D eigenvalue weighted by Crippen LogP contribution is -2.27. The van der Waals surface area contributed by atoms with Crippen LogP contribution in [0.25, 0.3) is 4.96 Å². The number of carbonyl (C=O) groups is 1. The Labute approximate surface area is 167 Å². The average molecular weight is 423 g/mol. The molecule has 2 aromatic heterocycles. The summed E-state index contributed by atoms with van der Waals surface area (Å²) in [5, 5.41) is 3.27. The van der Waals surface area contributed by atoms with Crippen LogP contribution in [0.5, 0.6) is 0 Å². The quantitative estimate of drug-likeness (QED) is 0.404. The zero-order valence-corrected chi connectivity index (χ0v) is 16.8. The maximum absolute atomic E-state index is 12.4. The highest BCUT2D eigenvalue weighted by molar-refractivity contribution is 7.89. The van der Waals surface area contributed by atoms with E-state index in [1.807, 2.05) is 10.6 Å². The molecule has 4 N–H and O–H groups in total. The average Bonchev–Trinajstić information content (AvgIpc) is 3.28. The number of unbranched alkanes of at least 4 members (excludes halogenated alkanes) is 3. The molecule has 0 bridgehead atoms. The van der Waals surface area contributed by atoms with Crippen molar-refractivity contribution in [2.75, 3.05) is 18.4 Å². The predicted molar refractivity (Wildman–Crippen MR) is 108 cm³/mol. The first-order valence-corrected chi connectivity index (χ1v) is 11.2. The third-order valence-corrected chi connectivity index (χ3v) is 6.42. The van der Waals surface area contributed by atoms with Crippen molar-refractivity contribution < 1.29 is 13.2 Å². The van der Waals surface area contributed by atoms with Gasteiger partial charge in [0.25, 0.3) is 0 Å². The monoisotopic (exact) mass is 422 g/mol. The van der Waals surface area contributed by atoms with E-state index in [2.05, 4.69) is 19.4 Å². The molecule has 0 saturated carbocycles. The molecular formula is C17H22N6O3S2. The van der Waals surface area contributed by atoms with E-state index in [4.69, 9.17) is 5.73 Å². The second-order valence-electron chi connectivity index (χ2n) is 6.19. The zero-order chi connectivity index (χ0) is 20.0. The standard InChI is InChI=1S/C17H22N6O3S2/c18-15(24)13-7-3-4-8-14(13)28(25,26)21-10-6-2-1-5-9-19-16-22-27-17-20-11-12-23(16)17/h3-4,7-8,11-12,21H,1-2,5-6,9-10H2,(H2,18,24)(H,19,22). The van der Waals surface area contributed by atoms with Crippen molar-refractivity contribution in [1.29, 1.82) is 0 Å². The Morgan fingerprint density at radius 1 is 1.14 bits per heavy atom. The van der Waals surface area contributed by atoms with Gasteiger partial charge < -0.3 is 11.1 Å². The molecule has 2 heterocycles.